The van der Waals surface area contributed by atoms with E-state index >= 15 is 0 Å². The molecule has 0 spiro atoms. The van der Waals surface area contributed by atoms with E-state index in [4.69, 9.17) is 19.4 Å². The third-order valence-electron chi connectivity index (χ3n) is 3.34. The van der Waals surface area contributed by atoms with Crippen LogP contribution in [-0.2, 0) is 28.3 Å². The van der Waals surface area contributed by atoms with Gasteiger partial charge in [-0.1, -0.05) is 0 Å². The summed E-state index contributed by atoms with van der Waals surface area (Å²) in [6.07, 6.45) is -0.694. The van der Waals surface area contributed by atoms with Gasteiger partial charge in [0, 0.05) is 19.4 Å². The Morgan fingerprint density at radius 1 is 1.18 bits per heavy atom. The molecule has 0 saturated carbocycles. The first kappa shape index (κ1) is 26.3. The number of ether oxygens (including phenoxy) is 1. The molecule has 0 heterocycles. The molecule has 28 heavy (non-hydrogen) atoms. The van der Waals surface area contributed by atoms with Gasteiger partial charge in [-0.2, -0.15) is 4.89 Å². The highest BCUT2D eigenvalue weighted by Crippen LogP contribution is 2.61. The molecule has 0 aliphatic heterocycles. The summed E-state index contributed by atoms with van der Waals surface area (Å²) in [5.41, 5.74) is 0. The summed E-state index contributed by atoms with van der Waals surface area (Å²) in [5, 5.41) is 17.8. The zero-order valence-electron chi connectivity index (χ0n) is 14.8. The molecule has 0 fully saturated rings. The van der Waals surface area contributed by atoms with Gasteiger partial charge >= 0.3 is 26.7 Å². The monoisotopic (exact) mass is 449 g/mol. The summed E-state index contributed by atoms with van der Waals surface area (Å²) in [7, 11) is -8.82. The zero-order chi connectivity index (χ0) is 21.8. The van der Waals surface area contributed by atoms with Crippen LogP contribution in [0.4, 0.5) is 0 Å². The number of carbonyl (C=O) groups is 2. The van der Waals surface area contributed by atoms with Crippen LogP contribution in [0.15, 0.2) is 0 Å². The lowest BCUT2D eigenvalue weighted by atomic mass is 10.2. The maximum atomic E-state index is 11.6. The van der Waals surface area contributed by atoms with Gasteiger partial charge in [-0.05, 0) is 23.8 Å². The van der Waals surface area contributed by atoms with E-state index in [2.05, 4.69) is 10.2 Å². The van der Waals surface area contributed by atoms with Crippen molar-refractivity contribution in [2.24, 2.45) is 0 Å². The molecule has 0 bridgehead atoms. The Kier molecular flexibility index (Phi) is 11.9. The van der Waals surface area contributed by atoms with Crippen molar-refractivity contribution in [1.29, 1.82) is 0 Å². The van der Waals surface area contributed by atoms with Gasteiger partial charge in [0.1, 0.15) is 0 Å². The number of unbranched alkanes of at least 4 members (excludes halogenated alkanes) is 1. The highest BCUT2D eigenvalue weighted by molar-refractivity contribution is 7.66. The molecular weight excluding hydrogens is 426 g/mol. The predicted octanol–water partition coefficient (Wildman–Crippen LogP) is -0.247. The van der Waals surface area contributed by atoms with Gasteiger partial charge in [0.15, 0.2) is 0 Å². The number of hydrogen-bond donors (Lipinski definition) is 5. The van der Waals surface area contributed by atoms with Gasteiger partial charge in [-0.25, -0.2) is 0 Å². The molecule has 162 valence electrons. The number of amides is 1. The molecule has 16 heteroatoms. The van der Waals surface area contributed by atoms with Crippen molar-refractivity contribution >= 4 is 27.5 Å². The molecule has 0 aromatic rings. The van der Waals surface area contributed by atoms with E-state index in [0.29, 0.717) is 12.8 Å². The van der Waals surface area contributed by atoms with E-state index in [1.807, 2.05) is 0 Å². The molecule has 2 atom stereocenters. The number of carbonyl (C=O) groups excluding carboxylic acids is 2. The van der Waals surface area contributed by atoms with E-state index in [1.54, 1.807) is 0 Å². The minimum Gasteiger partial charge on any atom is -0.466 e. The lowest BCUT2D eigenvalue weighted by molar-refractivity contribution is -0.757. The fraction of sp³-hybridized carbons (Fsp3) is 0.833. The zero-order valence-corrected chi connectivity index (χ0v) is 16.5. The topological polar surface area (TPSA) is 223 Å². The molecule has 0 radical (unpaired) electrons. The third kappa shape index (κ3) is 10.6. The minimum atomic E-state index is -5.25. The quantitative estimate of drug-likeness (QED) is 0.0718. The molecule has 14 nitrogen and oxygen atoms in total. The van der Waals surface area contributed by atoms with E-state index in [9.17, 15) is 33.9 Å². The first-order chi connectivity index (χ1) is 12.9. The third-order valence-corrected chi connectivity index (χ3v) is 6.63. The van der Waals surface area contributed by atoms with E-state index in [0.717, 1.165) is 0 Å². The molecular formula is C12H23N2O12P2+. The number of rotatable bonds is 15. The van der Waals surface area contributed by atoms with Crippen LogP contribution in [0.5, 0.6) is 0 Å². The Labute approximate surface area is 160 Å². The summed E-state index contributed by atoms with van der Waals surface area (Å²) >= 11 is 0. The molecule has 0 aliphatic rings. The van der Waals surface area contributed by atoms with Gasteiger partial charge in [0.05, 0.1) is 19.6 Å². The average molecular weight is 449 g/mol. The second kappa shape index (κ2) is 12.7. The first-order valence-electron chi connectivity index (χ1n) is 8.04. The van der Waals surface area contributed by atoms with Gasteiger partial charge in [0.2, 0.25) is 5.91 Å². The highest BCUT2D eigenvalue weighted by Gasteiger charge is 2.62. The molecule has 1 amide bonds. The minimum absolute atomic E-state index is 0.0157. The maximum absolute atomic E-state index is 11.6. The van der Waals surface area contributed by atoms with Crippen LogP contribution >= 0.6 is 15.6 Å². The molecule has 5 N–H and O–H groups in total. The van der Waals surface area contributed by atoms with Crippen molar-refractivity contribution in [2.45, 2.75) is 43.6 Å². The summed E-state index contributed by atoms with van der Waals surface area (Å²) in [4.78, 5) is 63.7. The SMILES string of the molecule is O=C(CCC(=O)OCCCCO[N+](=O)[O-])NCCCC(O)([P+](=O)O)P(=O)(O)O. The normalized spacial score (nSPS) is 13.9. The number of esters is 1. The molecule has 0 aromatic carbocycles. The number of hydrogen-bond acceptors (Lipinski definition) is 9. The van der Waals surface area contributed by atoms with Crippen LogP contribution in [0.2, 0.25) is 0 Å². The van der Waals surface area contributed by atoms with Crippen LogP contribution in [0.25, 0.3) is 0 Å². The van der Waals surface area contributed by atoms with Crippen molar-refractivity contribution in [3.63, 3.8) is 0 Å². The number of nitrogens with zero attached hydrogens (tertiary/aromatic N) is 1. The van der Waals surface area contributed by atoms with Crippen molar-refractivity contribution in [3.8, 4) is 0 Å². The van der Waals surface area contributed by atoms with Gasteiger partial charge in [-0.15, -0.1) is 10.1 Å². The maximum Gasteiger partial charge on any atom is 0.554 e. The second-order valence-corrected chi connectivity index (χ2v) is 9.00. The second-order valence-electron chi connectivity index (χ2n) is 5.53. The Hall–Kier alpha value is -1.69. The van der Waals surface area contributed by atoms with Crippen LogP contribution in [-0.4, -0.2) is 61.6 Å². The number of nitrogens with one attached hydrogen (secondary N) is 1. The van der Waals surface area contributed by atoms with Gasteiger partial charge in [-0.3, -0.25) is 14.2 Å². The summed E-state index contributed by atoms with van der Waals surface area (Å²) in [6, 6.07) is 0. The van der Waals surface area contributed by atoms with E-state index in [-0.39, 0.29) is 39.0 Å². The molecule has 0 rings (SSSR count). The van der Waals surface area contributed by atoms with Crippen molar-refractivity contribution in [2.75, 3.05) is 19.8 Å². The fourth-order valence-electron chi connectivity index (χ4n) is 1.81. The summed E-state index contributed by atoms with van der Waals surface area (Å²) in [6.45, 7) is -0.244. The number of aliphatic hydroxyl groups is 1. The van der Waals surface area contributed by atoms with Crippen LogP contribution in [0.3, 0.4) is 0 Å². The smallest absolute Gasteiger partial charge is 0.466 e. The molecule has 0 aromatic heterocycles. The Balaban J connectivity index is 3.93. The van der Waals surface area contributed by atoms with Gasteiger partial charge < -0.3 is 29.8 Å². The largest absolute Gasteiger partial charge is 0.554 e. The Morgan fingerprint density at radius 3 is 2.32 bits per heavy atom. The summed E-state index contributed by atoms with van der Waals surface area (Å²) in [5.74, 6) is -1.22. The lowest BCUT2D eigenvalue weighted by Gasteiger charge is -2.16. The van der Waals surface area contributed by atoms with Crippen molar-refractivity contribution in [1.82, 2.24) is 5.32 Å². The molecule has 0 saturated heterocycles. The standard InChI is InChI=1S/C12H22N2O12P2/c15-10(4-5-11(16)25-8-1-2-9-26-14(18)19)13-7-3-6-12(17,27(20)21)28(22,23)24/h17H,1-9H2,(H3-,13,15,20,21,22,23,24)/p+1. The van der Waals surface area contributed by atoms with E-state index in [1.165, 1.54) is 0 Å². The van der Waals surface area contributed by atoms with Crippen LogP contribution in [0, 0.1) is 10.1 Å². The summed E-state index contributed by atoms with van der Waals surface area (Å²) < 4.78 is 26.9. The Morgan fingerprint density at radius 2 is 1.79 bits per heavy atom. The van der Waals surface area contributed by atoms with Crippen LogP contribution < -0.4 is 5.32 Å². The Bertz CT molecular complexity index is 609. The fourth-order valence-corrected chi connectivity index (χ4v) is 3.50. The first-order valence-corrected chi connectivity index (χ1v) is 10.9. The van der Waals surface area contributed by atoms with Crippen molar-refractivity contribution < 1.29 is 53.2 Å². The predicted molar refractivity (Wildman–Crippen MR) is 91.4 cm³/mol. The lowest BCUT2D eigenvalue weighted by Crippen LogP contribution is -2.29. The van der Waals surface area contributed by atoms with Crippen LogP contribution in [0.1, 0.15) is 38.5 Å². The van der Waals surface area contributed by atoms with E-state index < -0.39 is 44.1 Å². The van der Waals surface area contributed by atoms with Gasteiger partial charge in [0.25, 0.3) is 5.09 Å². The highest BCUT2D eigenvalue weighted by atomic mass is 31.2. The molecule has 2 unspecified atom stereocenters. The molecule has 0 aliphatic carbocycles. The van der Waals surface area contributed by atoms with Crippen molar-refractivity contribution in [3.05, 3.63) is 10.1 Å². The average Bonchev–Trinajstić information content (AvgIpc) is 2.58.